The third-order valence-electron chi connectivity index (χ3n) is 4.33. The van der Waals surface area contributed by atoms with Gasteiger partial charge in [0.1, 0.15) is 5.75 Å². The predicted octanol–water partition coefficient (Wildman–Crippen LogP) is 2.95. The summed E-state index contributed by atoms with van der Waals surface area (Å²) in [5.74, 6) is 0.517. The van der Waals surface area contributed by atoms with Gasteiger partial charge in [-0.1, -0.05) is 6.07 Å². The van der Waals surface area contributed by atoms with Gasteiger partial charge >= 0.3 is 13.2 Å². The standard InChI is InChI=1S/C17H26BNO5/c1-11(2)22-15(20)19-13-9-8-12(10-14(13)21-7)18-23-16(3,4)17(5,6)24-18/h8-11H,1-7H3,(H,19,20). The summed E-state index contributed by atoms with van der Waals surface area (Å²) in [4.78, 5) is 11.8. The molecule has 2 rings (SSSR count). The first kappa shape index (κ1) is 18.6. The second kappa shape index (κ2) is 6.65. The van der Waals surface area contributed by atoms with Gasteiger partial charge in [0.25, 0.3) is 0 Å². The van der Waals surface area contributed by atoms with Gasteiger partial charge in [-0.15, -0.1) is 0 Å². The molecule has 0 atom stereocenters. The Kier molecular flexibility index (Phi) is 5.15. The average Bonchev–Trinajstić information content (AvgIpc) is 2.66. The van der Waals surface area contributed by atoms with Crippen molar-refractivity contribution in [3.05, 3.63) is 18.2 Å². The third kappa shape index (κ3) is 3.84. The SMILES string of the molecule is COc1cc(B2OC(C)(C)C(C)(C)O2)ccc1NC(=O)OC(C)C. The summed E-state index contributed by atoms with van der Waals surface area (Å²) in [5, 5.41) is 2.68. The molecule has 1 heterocycles. The van der Waals surface area contributed by atoms with E-state index in [0.29, 0.717) is 11.4 Å². The number of rotatable bonds is 4. The van der Waals surface area contributed by atoms with Crippen molar-refractivity contribution in [3.8, 4) is 5.75 Å². The van der Waals surface area contributed by atoms with Crippen LogP contribution in [0.25, 0.3) is 0 Å². The van der Waals surface area contributed by atoms with E-state index in [9.17, 15) is 4.79 Å². The fourth-order valence-electron chi connectivity index (χ4n) is 2.29. The predicted molar refractivity (Wildman–Crippen MR) is 93.9 cm³/mol. The maximum atomic E-state index is 11.8. The highest BCUT2D eigenvalue weighted by molar-refractivity contribution is 6.62. The van der Waals surface area contributed by atoms with Crippen molar-refractivity contribution in [1.29, 1.82) is 0 Å². The maximum absolute atomic E-state index is 11.8. The Labute approximate surface area is 143 Å². The Morgan fingerprint density at radius 3 is 2.25 bits per heavy atom. The zero-order valence-corrected chi connectivity index (χ0v) is 15.4. The van der Waals surface area contributed by atoms with Crippen molar-refractivity contribution in [3.63, 3.8) is 0 Å². The minimum atomic E-state index is -0.522. The van der Waals surface area contributed by atoms with E-state index in [0.717, 1.165) is 5.46 Å². The summed E-state index contributed by atoms with van der Waals surface area (Å²) < 4.78 is 22.5. The lowest BCUT2D eigenvalue weighted by Crippen LogP contribution is -2.41. The summed E-state index contributed by atoms with van der Waals surface area (Å²) >= 11 is 0. The molecule has 6 nitrogen and oxygen atoms in total. The van der Waals surface area contributed by atoms with Gasteiger partial charge in [0, 0.05) is 0 Å². The Hall–Kier alpha value is -1.73. The van der Waals surface area contributed by atoms with Crippen molar-refractivity contribution < 1.29 is 23.6 Å². The second-order valence-corrected chi connectivity index (χ2v) is 7.13. The highest BCUT2D eigenvalue weighted by Gasteiger charge is 2.51. The Morgan fingerprint density at radius 1 is 1.17 bits per heavy atom. The fourth-order valence-corrected chi connectivity index (χ4v) is 2.29. The number of hydrogen-bond donors (Lipinski definition) is 1. The van der Waals surface area contributed by atoms with E-state index in [1.165, 1.54) is 0 Å². The number of carbonyl (C=O) groups is 1. The molecule has 0 radical (unpaired) electrons. The van der Waals surface area contributed by atoms with Crippen LogP contribution in [-0.2, 0) is 14.0 Å². The largest absolute Gasteiger partial charge is 0.495 e. The van der Waals surface area contributed by atoms with Crippen molar-refractivity contribution in [2.75, 3.05) is 12.4 Å². The molecule has 1 fully saturated rings. The molecule has 1 aromatic carbocycles. The third-order valence-corrected chi connectivity index (χ3v) is 4.33. The number of amides is 1. The molecule has 132 valence electrons. The van der Waals surface area contributed by atoms with Gasteiger partial charge in [-0.05, 0) is 59.1 Å². The zero-order chi connectivity index (χ0) is 18.1. The topological polar surface area (TPSA) is 66.0 Å². The highest BCUT2D eigenvalue weighted by Crippen LogP contribution is 2.37. The van der Waals surface area contributed by atoms with Gasteiger partial charge in [-0.2, -0.15) is 0 Å². The first-order valence-electron chi connectivity index (χ1n) is 8.07. The van der Waals surface area contributed by atoms with Crippen LogP contribution in [0.1, 0.15) is 41.5 Å². The van der Waals surface area contributed by atoms with E-state index in [1.807, 2.05) is 33.8 Å². The molecule has 1 amide bonds. The van der Waals surface area contributed by atoms with Crippen molar-refractivity contribution in [2.45, 2.75) is 58.8 Å². The van der Waals surface area contributed by atoms with E-state index in [1.54, 1.807) is 33.1 Å². The molecule has 0 saturated carbocycles. The van der Waals surface area contributed by atoms with Crippen LogP contribution in [0, 0.1) is 0 Å². The van der Waals surface area contributed by atoms with Gasteiger partial charge in [-0.3, -0.25) is 5.32 Å². The van der Waals surface area contributed by atoms with Gasteiger partial charge < -0.3 is 18.8 Å². The van der Waals surface area contributed by atoms with Crippen LogP contribution < -0.4 is 15.5 Å². The first-order valence-corrected chi connectivity index (χ1v) is 8.07. The Balaban J connectivity index is 2.19. The minimum absolute atomic E-state index is 0.194. The summed E-state index contributed by atoms with van der Waals surface area (Å²) in [7, 11) is 1.06. The molecule has 1 aromatic rings. The molecular weight excluding hydrogens is 309 g/mol. The average molecular weight is 335 g/mol. The smallest absolute Gasteiger partial charge is 0.494 e. The van der Waals surface area contributed by atoms with Crippen LogP contribution in [0.5, 0.6) is 5.75 Å². The molecule has 1 saturated heterocycles. The summed E-state index contributed by atoms with van der Waals surface area (Å²) in [5.41, 5.74) is 0.530. The van der Waals surface area contributed by atoms with Gasteiger partial charge in [0.2, 0.25) is 0 Å². The number of methoxy groups -OCH3 is 1. The van der Waals surface area contributed by atoms with E-state index >= 15 is 0 Å². The lowest BCUT2D eigenvalue weighted by molar-refractivity contribution is 0.00578. The van der Waals surface area contributed by atoms with E-state index in [4.69, 9.17) is 18.8 Å². The molecule has 24 heavy (non-hydrogen) atoms. The number of anilines is 1. The van der Waals surface area contributed by atoms with E-state index < -0.39 is 24.4 Å². The molecule has 1 aliphatic heterocycles. The van der Waals surface area contributed by atoms with E-state index in [2.05, 4.69) is 5.32 Å². The van der Waals surface area contributed by atoms with Crippen molar-refractivity contribution in [2.24, 2.45) is 0 Å². The fraction of sp³-hybridized carbons (Fsp3) is 0.588. The van der Waals surface area contributed by atoms with Crippen LogP contribution in [0.4, 0.5) is 10.5 Å². The van der Waals surface area contributed by atoms with Gasteiger partial charge in [0.15, 0.2) is 0 Å². The number of benzene rings is 1. The monoisotopic (exact) mass is 335 g/mol. The van der Waals surface area contributed by atoms with Gasteiger partial charge in [0.05, 0.1) is 30.1 Å². The molecule has 0 aromatic heterocycles. The number of nitrogens with one attached hydrogen (secondary N) is 1. The van der Waals surface area contributed by atoms with Crippen LogP contribution in [0.3, 0.4) is 0 Å². The van der Waals surface area contributed by atoms with Crippen LogP contribution in [-0.4, -0.2) is 37.6 Å². The molecule has 0 aliphatic carbocycles. The van der Waals surface area contributed by atoms with E-state index in [-0.39, 0.29) is 6.10 Å². The molecule has 0 bridgehead atoms. The van der Waals surface area contributed by atoms with Gasteiger partial charge in [-0.25, -0.2) is 4.79 Å². The zero-order valence-electron chi connectivity index (χ0n) is 15.4. The normalized spacial score (nSPS) is 18.6. The summed E-state index contributed by atoms with van der Waals surface area (Å²) in [6.45, 7) is 11.6. The highest BCUT2D eigenvalue weighted by atomic mass is 16.7. The summed E-state index contributed by atoms with van der Waals surface area (Å²) in [6.07, 6.45) is -0.716. The minimum Gasteiger partial charge on any atom is -0.495 e. The number of carbonyl (C=O) groups excluding carboxylic acids is 1. The quantitative estimate of drug-likeness (QED) is 0.857. The Bertz CT molecular complexity index is 599. The molecule has 7 heteroatoms. The number of ether oxygens (including phenoxy) is 2. The van der Waals surface area contributed by atoms with Crippen LogP contribution in [0.2, 0.25) is 0 Å². The molecular formula is C17H26BNO5. The summed E-state index contributed by atoms with van der Waals surface area (Å²) in [6, 6.07) is 5.39. The second-order valence-electron chi connectivity index (χ2n) is 7.13. The molecule has 1 aliphatic rings. The lowest BCUT2D eigenvalue weighted by Gasteiger charge is -2.32. The molecule has 0 unspecified atom stereocenters. The van der Waals surface area contributed by atoms with Crippen molar-refractivity contribution >= 4 is 24.4 Å². The maximum Gasteiger partial charge on any atom is 0.494 e. The molecule has 1 N–H and O–H groups in total. The lowest BCUT2D eigenvalue weighted by atomic mass is 9.79. The van der Waals surface area contributed by atoms with Crippen LogP contribution in [0.15, 0.2) is 18.2 Å². The van der Waals surface area contributed by atoms with Crippen LogP contribution >= 0.6 is 0 Å². The van der Waals surface area contributed by atoms with Crippen molar-refractivity contribution in [1.82, 2.24) is 0 Å². The Morgan fingerprint density at radius 2 is 1.75 bits per heavy atom. The molecule has 0 spiro atoms. The number of hydrogen-bond acceptors (Lipinski definition) is 5. The first-order chi connectivity index (χ1) is 11.1.